The number of ether oxygens (including phenoxy) is 5. The van der Waals surface area contributed by atoms with E-state index in [0.717, 1.165) is 124 Å². The van der Waals surface area contributed by atoms with Gasteiger partial charge in [-0.15, -0.1) is 0 Å². The van der Waals surface area contributed by atoms with Crippen LogP contribution in [0.1, 0.15) is 141 Å². The lowest BCUT2D eigenvalue weighted by Gasteiger charge is -2.50. The Morgan fingerprint density at radius 2 is 0.709 bits per heavy atom. The van der Waals surface area contributed by atoms with Crippen molar-refractivity contribution in [3.8, 4) is 74.6 Å². The summed E-state index contributed by atoms with van der Waals surface area (Å²) in [4.78, 5) is 128. The molecule has 8 aromatic heterocycles. The van der Waals surface area contributed by atoms with Gasteiger partial charge in [0.25, 0.3) is 23.6 Å². The first-order chi connectivity index (χ1) is 62.0. The molecule has 2 N–H and O–H groups in total. The van der Waals surface area contributed by atoms with Crippen molar-refractivity contribution in [2.75, 3.05) is 58.1 Å². The number of fused-ring (bicyclic) bond motifs is 12. The number of carbonyl (C=O) groups is 4. The van der Waals surface area contributed by atoms with E-state index in [1.807, 2.05) is 108 Å². The Balaban J connectivity index is 0.000000119. The van der Waals surface area contributed by atoms with Gasteiger partial charge in [-0.1, -0.05) is 48.5 Å². The number of hydrogen-bond acceptors (Lipinski definition) is 26. The van der Waals surface area contributed by atoms with E-state index < -0.39 is 5.82 Å². The Kier molecular flexibility index (Phi) is 25.9. The number of carbonyl (C=O) groups excluding carboxylic acids is 4. The zero-order valence-electron chi connectivity index (χ0n) is 71.8. The summed E-state index contributed by atoms with van der Waals surface area (Å²) in [7, 11) is 4.76. The molecule has 0 spiro atoms. The van der Waals surface area contributed by atoms with Gasteiger partial charge in [0.05, 0.1) is 128 Å². The number of halogens is 1. The molecule has 31 heteroatoms. The molecule has 4 aromatic carbocycles. The quantitative estimate of drug-likeness (QED) is 0.0759. The predicted octanol–water partition coefficient (Wildman–Crippen LogP) is 14.1. The topological polar surface area (TPSA) is 345 Å². The van der Waals surface area contributed by atoms with Crippen LogP contribution >= 0.6 is 0 Å². The zero-order valence-corrected chi connectivity index (χ0v) is 71.8. The second-order valence-electron chi connectivity index (χ2n) is 33.5. The van der Waals surface area contributed by atoms with Crippen molar-refractivity contribution in [3.63, 3.8) is 0 Å². The molecule has 8 saturated heterocycles. The smallest absolute Gasteiger partial charge is 0.258 e. The van der Waals surface area contributed by atoms with Gasteiger partial charge in [0.15, 0.2) is 23.3 Å². The van der Waals surface area contributed by atoms with Crippen molar-refractivity contribution in [1.29, 1.82) is 0 Å². The number of pyridine rings is 1. The molecular formula is C96H100FN21O9. The number of nitrogens with one attached hydrogen (secondary N) is 2. The van der Waals surface area contributed by atoms with Gasteiger partial charge in [-0.05, 0) is 195 Å². The minimum Gasteiger partial charge on any atom is -0.496 e. The van der Waals surface area contributed by atoms with Crippen LogP contribution in [0.2, 0.25) is 0 Å². The number of aryl methyl sites for hydroxylation is 4. The monoisotopic (exact) mass is 1710 g/mol. The molecule has 650 valence electrons. The SMILES string of the molecule is COc1cccc(-c2ncccn2)c1C(=O)N1CC2CCC1C(Nc1ccc(C)cn1)C2.COc1cccc(-c2ncccn2)c1C(=O)N1CC2CCC1C(Nc1cnc(C)cn1)C2.COc1cccc(-c2ncccn2)c1C(=O)N1CC2CCC1C(Oc1cnc(C)cn1)C2.Cc1cnc(OC2CC3CCC2N(C(=O)c2cccc(F)c2-c2ncccn2)C3)cn1. The maximum Gasteiger partial charge on any atom is 0.258 e. The zero-order chi connectivity index (χ0) is 87.6. The molecule has 0 radical (unpaired) electrons. The van der Waals surface area contributed by atoms with Gasteiger partial charge in [-0.2, -0.15) is 0 Å². The summed E-state index contributed by atoms with van der Waals surface area (Å²) < 4.78 is 43.9. The largest absolute Gasteiger partial charge is 0.496 e. The number of piperidine rings is 8. The van der Waals surface area contributed by atoms with Crippen LogP contribution in [0.15, 0.2) is 202 Å². The first kappa shape index (κ1) is 85.2. The fourth-order valence-electron chi connectivity index (χ4n) is 19.3. The van der Waals surface area contributed by atoms with E-state index >= 15 is 0 Å². The number of methoxy groups -OCH3 is 3. The van der Waals surface area contributed by atoms with Crippen LogP contribution in [-0.4, -0.2) is 214 Å². The summed E-state index contributed by atoms with van der Waals surface area (Å²) in [5.41, 5.74) is 7.65. The Morgan fingerprint density at radius 1 is 0.346 bits per heavy atom. The maximum atomic E-state index is 14.8. The van der Waals surface area contributed by atoms with Crippen LogP contribution in [0.3, 0.4) is 0 Å². The molecule has 30 nitrogen and oxygen atoms in total. The number of nitrogens with zero attached hydrogens (tertiary/aromatic N) is 19. The summed E-state index contributed by atoms with van der Waals surface area (Å²) in [6.45, 7) is 10.5. The van der Waals surface area contributed by atoms with Gasteiger partial charge in [0, 0.05) is 111 Å². The number of aromatic nitrogens is 15. The molecule has 12 atom stereocenters. The van der Waals surface area contributed by atoms with Gasteiger partial charge in [0.2, 0.25) is 11.8 Å². The molecule has 12 aliphatic rings. The summed E-state index contributed by atoms with van der Waals surface area (Å²) >= 11 is 0. The van der Waals surface area contributed by atoms with Crippen molar-refractivity contribution in [2.45, 2.75) is 153 Å². The van der Waals surface area contributed by atoms with Crippen LogP contribution in [-0.2, 0) is 0 Å². The van der Waals surface area contributed by atoms with E-state index in [2.05, 4.69) is 91.5 Å². The van der Waals surface area contributed by atoms with Gasteiger partial charge in [-0.25, -0.2) is 64.2 Å². The lowest BCUT2D eigenvalue weighted by atomic mass is 9.76. The highest BCUT2D eigenvalue weighted by Crippen LogP contribution is 2.45. The Hall–Kier alpha value is -14.0. The third-order valence-corrected chi connectivity index (χ3v) is 25.3. The lowest BCUT2D eigenvalue weighted by molar-refractivity contribution is -0.0315. The van der Waals surface area contributed by atoms with Crippen molar-refractivity contribution >= 4 is 35.3 Å². The number of anilines is 2. The third-order valence-electron chi connectivity index (χ3n) is 25.3. The molecule has 16 heterocycles. The molecule has 24 rings (SSSR count). The molecule has 12 aromatic rings. The van der Waals surface area contributed by atoms with Crippen LogP contribution in [0, 0.1) is 57.2 Å². The minimum absolute atomic E-state index is 0.0250. The third kappa shape index (κ3) is 18.9. The van der Waals surface area contributed by atoms with Crippen LogP contribution in [0.25, 0.3) is 45.6 Å². The number of hydrogen-bond donors (Lipinski definition) is 2. The van der Waals surface area contributed by atoms with Gasteiger partial charge < -0.3 is 53.9 Å². The molecular weight excluding hydrogens is 1610 g/mol. The number of amides is 4. The normalized spacial score (nSPS) is 22.0. The molecule has 4 aliphatic carbocycles. The highest BCUT2D eigenvalue weighted by Gasteiger charge is 2.50. The molecule has 12 unspecified atom stereocenters. The van der Waals surface area contributed by atoms with Gasteiger partial charge in [0.1, 0.15) is 46.9 Å². The Bertz CT molecular complexity index is 5410. The fraction of sp³-hybridized carbons (Fsp3) is 0.365. The first-order valence-electron chi connectivity index (χ1n) is 43.3. The van der Waals surface area contributed by atoms with Gasteiger partial charge >= 0.3 is 0 Å². The van der Waals surface area contributed by atoms with Crippen molar-refractivity contribution in [1.82, 2.24) is 94.4 Å². The van der Waals surface area contributed by atoms with Gasteiger partial charge in [-0.3, -0.25) is 34.1 Å². The van der Waals surface area contributed by atoms with Crippen LogP contribution in [0.5, 0.6) is 29.0 Å². The highest BCUT2D eigenvalue weighted by molar-refractivity contribution is 6.05. The van der Waals surface area contributed by atoms with Crippen molar-refractivity contribution < 1.29 is 47.3 Å². The standard InChI is InChI=1S/C25H27N5O2.C24H26N6O2.C24H25N5O3.C23H22FN5O2/c1-16-7-10-22(28-14-16)29-19-13-17-8-9-20(19)30(15-17)25(31)23-18(5-3-6-21(23)32-2)24-26-11-4-12-27-24;1-15-12-28-21(13-27-15)29-18-11-16-7-8-19(18)30(14-16)24(31)22-17(5-3-6-20(22)32-2)23-25-9-4-10-26-23;1-15-12-28-21(13-27-15)32-20-11-16-7-8-18(20)29(14-16)24(30)22-17(5-3-6-19(22)31-2)23-25-9-4-10-26-23;1-14-11-28-20(12-27-14)31-19-10-15-6-7-18(19)29(13-15)23(30)16-4-2-5-17(24)21(16)22-25-8-3-9-26-22/h3-7,10-12,14,17,19-20H,8-9,13,15H2,1-2H3,(H,28,29);3-6,9-10,12-13,16,18-19H,7-8,11,14H2,1-2H3,(H,28,29);3-6,9-10,12-13,16,18,20H,7-8,11,14H2,1-2H3;2-5,8-9,11-12,15,18-19H,6-7,10,13H2,1H3. The Morgan fingerprint density at radius 3 is 1.08 bits per heavy atom. The molecule has 127 heavy (non-hydrogen) atoms. The second-order valence-corrected chi connectivity index (χ2v) is 33.5. The maximum absolute atomic E-state index is 14.8. The fourth-order valence-corrected chi connectivity index (χ4v) is 19.3. The van der Waals surface area contributed by atoms with Crippen LogP contribution in [0.4, 0.5) is 16.0 Å². The molecule has 4 amide bonds. The summed E-state index contributed by atoms with van der Waals surface area (Å²) in [6, 6.07) is 32.5. The molecule has 8 aliphatic heterocycles. The first-order valence-corrected chi connectivity index (χ1v) is 43.3. The van der Waals surface area contributed by atoms with E-state index in [4.69, 9.17) is 23.7 Å². The number of rotatable bonds is 19. The Labute approximate surface area is 735 Å². The van der Waals surface area contributed by atoms with Crippen molar-refractivity contribution in [3.05, 3.63) is 253 Å². The van der Waals surface area contributed by atoms with E-state index in [-0.39, 0.29) is 89.0 Å². The van der Waals surface area contributed by atoms with E-state index in [0.29, 0.717) is 117 Å². The molecule has 4 saturated carbocycles. The van der Waals surface area contributed by atoms with E-state index in [1.165, 1.54) is 6.07 Å². The minimum atomic E-state index is -0.512. The lowest BCUT2D eigenvalue weighted by Crippen LogP contribution is -2.59. The second kappa shape index (κ2) is 38.6. The average Bonchev–Trinajstić information content (AvgIpc) is 0.771. The molecule has 12 fully saturated rings. The predicted molar refractivity (Wildman–Crippen MR) is 471 cm³/mol. The summed E-state index contributed by atoms with van der Waals surface area (Å²) in [6.07, 6.45) is 36.8. The van der Waals surface area contributed by atoms with E-state index in [9.17, 15) is 23.6 Å². The summed E-state index contributed by atoms with van der Waals surface area (Å²) in [5, 5.41) is 7.12. The van der Waals surface area contributed by atoms with Crippen LogP contribution < -0.4 is 34.3 Å². The number of benzene rings is 4. The highest BCUT2D eigenvalue weighted by atomic mass is 19.1. The average molecular weight is 1710 g/mol. The molecule has 8 bridgehead atoms. The van der Waals surface area contributed by atoms with Crippen molar-refractivity contribution in [2.24, 2.45) is 23.7 Å². The van der Waals surface area contributed by atoms with E-state index in [1.54, 1.807) is 151 Å². The summed E-state index contributed by atoms with van der Waals surface area (Å²) in [5.74, 6) is 6.66.